The lowest BCUT2D eigenvalue weighted by atomic mass is 9.71. The molecule has 23 heavy (non-hydrogen) atoms. The predicted molar refractivity (Wildman–Crippen MR) is 89.5 cm³/mol. The first kappa shape index (κ1) is 13.9. The Morgan fingerprint density at radius 2 is 1.17 bits per heavy atom. The van der Waals surface area contributed by atoms with E-state index in [9.17, 15) is 9.90 Å². The maximum absolute atomic E-state index is 12.7. The van der Waals surface area contributed by atoms with E-state index in [0.717, 1.165) is 5.56 Å². The molecule has 0 aliphatic heterocycles. The van der Waals surface area contributed by atoms with Crippen molar-refractivity contribution in [2.45, 2.75) is 12.0 Å². The molecule has 2 nitrogen and oxygen atoms in total. The Labute approximate surface area is 135 Å². The van der Waals surface area contributed by atoms with Crippen molar-refractivity contribution in [3.05, 3.63) is 107 Å². The van der Waals surface area contributed by atoms with E-state index in [1.54, 1.807) is 12.1 Å². The van der Waals surface area contributed by atoms with Crippen molar-refractivity contribution in [1.29, 1.82) is 0 Å². The molecule has 112 valence electrons. The largest absolute Gasteiger partial charge is 0.380 e. The highest BCUT2D eigenvalue weighted by Crippen LogP contribution is 2.41. The Balaban J connectivity index is 1.95. The number of carbonyl (C=O) groups is 1. The average molecular weight is 300 g/mol. The van der Waals surface area contributed by atoms with Gasteiger partial charge in [0.15, 0.2) is 5.78 Å². The van der Waals surface area contributed by atoms with Gasteiger partial charge in [0.2, 0.25) is 0 Å². The minimum absolute atomic E-state index is 0.0195. The molecule has 0 radical (unpaired) electrons. The lowest BCUT2D eigenvalue weighted by Crippen LogP contribution is -2.37. The highest BCUT2D eigenvalue weighted by atomic mass is 16.3. The molecule has 3 aromatic carbocycles. The van der Waals surface area contributed by atoms with Gasteiger partial charge >= 0.3 is 0 Å². The van der Waals surface area contributed by atoms with E-state index in [1.807, 2.05) is 66.7 Å². The molecule has 0 aromatic heterocycles. The number of carbonyl (C=O) groups excluding carboxylic acids is 1. The topological polar surface area (TPSA) is 37.3 Å². The molecule has 1 N–H and O–H groups in total. The number of fused-ring (bicyclic) bond motifs is 2. The van der Waals surface area contributed by atoms with Crippen molar-refractivity contribution >= 4 is 5.78 Å². The van der Waals surface area contributed by atoms with E-state index in [4.69, 9.17) is 0 Å². The van der Waals surface area contributed by atoms with E-state index in [-0.39, 0.29) is 5.78 Å². The second-order valence-electron chi connectivity index (χ2n) is 5.94. The van der Waals surface area contributed by atoms with Crippen LogP contribution in [0.2, 0.25) is 0 Å². The van der Waals surface area contributed by atoms with Gasteiger partial charge in [-0.25, -0.2) is 0 Å². The van der Waals surface area contributed by atoms with Crippen LogP contribution in [0.5, 0.6) is 0 Å². The van der Waals surface area contributed by atoms with Gasteiger partial charge in [-0.2, -0.15) is 0 Å². The SMILES string of the molecule is O=C1c2ccccc2C(O)(Cc2ccccc2)c2ccccc21. The first-order chi connectivity index (χ1) is 11.2. The van der Waals surface area contributed by atoms with Crippen molar-refractivity contribution < 1.29 is 9.90 Å². The third kappa shape index (κ3) is 2.11. The number of rotatable bonds is 2. The van der Waals surface area contributed by atoms with Crippen molar-refractivity contribution in [2.24, 2.45) is 0 Å². The zero-order chi connectivity index (χ0) is 15.9. The number of benzene rings is 3. The van der Waals surface area contributed by atoms with Crippen LogP contribution in [0.25, 0.3) is 0 Å². The van der Waals surface area contributed by atoms with Gasteiger partial charge < -0.3 is 5.11 Å². The summed E-state index contributed by atoms with van der Waals surface area (Å²) < 4.78 is 0. The molecule has 1 aliphatic rings. The standard InChI is InChI=1S/C21H16O2/c22-20-16-10-4-6-12-18(16)21(23,14-15-8-2-1-3-9-15)19-13-7-5-11-17(19)20/h1-13,23H,14H2. The zero-order valence-corrected chi connectivity index (χ0v) is 12.6. The Morgan fingerprint density at radius 1 is 0.696 bits per heavy atom. The number of ketones is 1. The van der Waals surface area contributed by atoms with E-state index in [2.05, 4.69) is 0 Å². The van der Waals surface area contributed by atoms with E-state index >= 15 is 0 Å². The van der Waals surface area contributed by atoms with Crippen LogP contribution in [-0.2, 0) is 12.0 Å². The summed E-state index contributed by atoms with van der Waals surface area (Å²) in [5, 5.41) is 11.6. The summed E-state index contributed by atoms with van der Waals surface area (Å²) in [6, 6.07) is 24.6. The fourth-order valence-electron chi connectivity index (χ4n) is 3.46. The molecule has 1 aliphatic carbocycles. The van der Waals surface area contributed by atoms with Gasteiger partial charge in [0, 0.05) is 17.5 Å². The Kier molecular flexibility index (Phi) is 3.14. The summed E-state index contributed by atoms with van der Waals surface area (Å²) in [5.41, 5.74) is 2.39. The summed E-state index contributed by atoms with van der Waals surface area (Å²) in [6.45, 7) is 0. The Bertz CT molecular complexity index is 832. The van der Waals surface area contributed by atoms with Crippen LogP contribution in [0.4, 0.5) is 0 Å². The van der Waals surface area contributed by atoms with Crippen molar-refractivity contribution in [3.8, 4) is 0 Å². The first-order valence-electron chi connectivity index (χ1n) is 7.70. The van der Waals surface area contributed by atoms with Crippen LogP contribution in [0.1, 0.15) is 32.6 Å². The van der Waals surface area contributed by atoms with E-state index in [1.165, 1.54) is 0 Å². The summed E-state index contributed by atoms with van der Waals surface area (Å²) in [6.07, 6.45) is 0.440. The van der Waals surface area contributed by atoms with E-state index in [0.29, 0.717) is 28.7 Å². The molecule has 2 heteroatoms. The quantitative estimate of drug-likeness (QED) is 0.783. The maximum Gasteiger partial charge on any atom is 0.193 e. The minimum Gasteiger partial charge on any atom is -0.380 e. The van der Waals surface area contributed by atoms with Gasteiger partial charge in [-0.05, 0) is 16.7 Å². The molecule has 0 heterocycles. The Morgan fingerprint density at radius 3 is 1.74 bits per heavy atom. The average Bonchev–Trinajstić information content (AvgIpc) is 2.61. The number of hydrogen-bond acceptors (Lipinski definition) is 2. The third-order valence-electron chi connectivity index (χ3n) is 4.54. The number of aliphatic hydroxyl groups is 1. The van der Waals surface area contributed by atoms with Gasteiger partial charge in [-0.3, -0.25) is 4.79 Å². The van der Waals surface area contributed by atoms with Crippen LogP contribution in [0.15, 0.2) is 78.9 Å². The monoisotopic (exact) mass is 300 g/mol. The van der Waals surface area contributed by atoms with Gasteiger partial charge in [-0.15, -0.1) is 0 Å². The molecule has 0 amide bonds. The van der Waals surface area contributed by atoms with Gasteiger partial charge in [0.05, 0.1) is 0 Å². The van der Waals surface area contributed by atoms with Crippen LogP contribution in [-0.4, -0.2) is 10.9 Å². The van der Waals surface area contributed by atoms with Crippen LogP contribution in [0.3, 0.4) is 0 Å². The third-order valence-corrected chi connectivity index (χ3v) is 4.54. The maximum atomic E-state index is 12.7. The minimum atomic E-state index is -1.19. The summed E-state index contributed by atoms with van der Waals surface area (Å²) in [7, 11) is 0. The molecular formula is C21H16O2. The van der Waals surface area contributed by atoms with Crippen LogP contribution >= 0.6 is 0 Å². The predicted octanol–water partition coefficient (Wildman–Crippen LogP) is 3.71. The molecule has 0 atom stereocenters. The van der Waals surface area contributed by atoms with Crippen molar-refractivity contribution in [3.63, 3.8) is 0 Å². The second kappa shape index (κ2) is 5.18. The zero-order valence-electron chi connectivity index (χ0n) is 12.6. The lowest BCUT2D eigenvalue weighted by Gasteiger charge is -2.36. The fraction of sp³-hybridized carbons (Fsp3) is 0.0952. The summed E-state index contributed by atoms with van der Waals surface area (Å²) >= 11 is 0. The highest BCUT2D eigenvalue weighted by molar-refractivity contribution is 6.13. The molecule has 0 spiro atoms. The van der Waals surface area contributed by atoms with Crippen LogP contribution in [0, 0.1) is 0 Å². The van der Waals surface area contributed by atoms with Crippen molar-refractivity contribution in [2.75, 3.05) is 0 Å². The second-order valence-corrected chi connectivity index (χ2v) is 5.94. The normalized spacial score (nSPS) is 14.9. The summed E-state index contributed by atoms with van der Waals surface area (Å²) in [5.74, 6) is -0.0195. The first-order valence-corrected chi connectivity index (χ1v) is 7.70. The smallest absolute Gasteiger partial charge is 0.193 e. The molecular weight excluding hydrogens is 284 g/mol. The molecule has 3 aromatic rings. The van der Waals surface area contributed by atoms with E-state index < -0.39 is 5.60 Å². The molecule has 0 fully saturated rings. The highest BCUT2D eigenvalue weighted by Gasteiger charge is 2.41. The summed E-state index contributed by atoms with van der Waals surface area (Å²) in [4.78, 5) is 12.7. The molecule has 0 saturated heterocycles. The van der Waals surface area contributed by atoms with Gasteiger partial charge in [0.1, 0.15) is 5.60 Å². The van der Waals surface area contributed by atoms with Crippen LogP contribution < -0.4 is 0 Å². The lowest BCUT2D eigenvalue weighted by molar-refractivity contribution is 0.0721. The Hall–Kier alpha value is -2.71. The molecule has 0 bridgehead atoms. The molecule has 0 saturated carbocycles. The van der Waals surface area contributed by atoms with Crippen molar-refractivity contribution in [1.82, 2.24) is 0 Å². The number of hydrogen-bond donors (Lipinski definition) is 1. The van der Waals surface area contributed by atoms with Gasteiger partial charge in [0.25, 0.3) is 0 Å². The molecule has 0 unspecified atom stereocenters. The van der Waals surface area contributed by atoms with Gasteiger partial charge in [-0.1, -0.05) is 78.9 Å². The fourth-order valence-corrected chi connectivity index (χ4v) is 3.46. The molecule has 4 rings (SSSR count).